The fraction of sp³-hybridized carbons (Fsp3) is 0.440. The number of hydrogen-bond acceptors (Lipinski definition) is 3. The molecule has 156 valence electrons. The van der Waals surface area contributed by atoms with Crippen molar-refractivity contribution >= 4 is 16.4 Å². The Morgan fingerprint density at radius 2 is 1.72 bits per heavy atom. The molecule has 0 spiro atoms. The maximum Gasteiger partial charge on any atom is 0.127 e. The molecule has 1 heterocycles. The lowest BCUT2D eigenvalue weighted by atomic mass is 9.93. The van der Waals surface area contributed by atoms with Gasteiger partial charge in [-0.3, -0.25) is 4.21 Å². The largest absolute Gasteiger partial charge is 0.487 e. The number of rotatable bonds is 6. The molecular formula is C25H33NO2S. The standard InChI is InChI=1S/C25H33NO2S/c1-19(20-10-12-21(13-11-20)29(27)18-24(2,3)4)22-8-6-7-9-23(22)28-25(5)14-16-26-17-15-25/h6-13,26H,1,14-18H2,2-5H3. The second-order valence-corrected chi connectivity index (χ2v) is 10.8. The number of nitrogens with one attached hydrogen (secondary N) is 1. The van der Waals surface area contributed by atoms with Crippen LogP contribution in [0.15, 0.2) is 60.0 Å². The summed E-state index contributed by atoms with van der Waals surface area (Å²) in [5.41, 5.74) is 2.83. The Bertz CT molecular complexity index is 874. The summed E-state index contributed by atoms with van der Waals surface area (Å²) in [6.45, 7) is 14.8. The van der Waals surface area contributed by atoms with Gasteiger partial charge in [0.15, 0.2) is 0 Å². The zero-order chi connectivity index (χ0) is 21.1. The van der Waals surface area contributed by atoms with Crippen LogP contribution in [0.25, 0.3) is 5.57 Å². The first-order valence-electron chi connectivity index (χ1n) is 10.3. The summed E-state index contributed by atoms with van der Waals surface area (Å²) >= 11 is 0. The third kappa shape index (κ3) is 5.80. The first kappa shape index (κ1) is 21.8. The maximum absolute atomic E-state index is 12.6. The van der Waals surface area contributed by atoms with E-state index in [9.17, 15) is 4.21 Å². The van der Waals surface area contributed by atoms with Crippen LogP contribution in [0, 0.1) is 5.41 Å². The van der Waals surface area contributed by atoms with Crippen LogP contribution in [0.3, 0.4) is 0 Å². The summed E-state index contributed by atoms with van der Waals surface area (Å²) < 4.78 is 19.1. The van der Waals surface area contributed by atoms with E-state index in [2.05, 4.69) is 45.7 Å². The quantitative estimate of drug-likeness (QED) is 0.689. The minimum absolute atomic E-state index is 0.0359. The van der Waals surface area contributed by atoms with Crippen molar-refractivity contribution in [1.82, 2.24) is 5.32 Å². The average Bonchev–Trinajstić information content (AvgIpc) is 2.67. The van der Waals surface area contributed by atoms with E-state index in [1.165, 1.54) is 0 Å². The fourth-order valence-electron chi connectivity index (χ4n) is 3.57. The number of para-hydroxylation sites is 1. The summed E-state index contributed by atoms with van der Waals surface area (Å²) in [7, 11) is -0.994. The second-order valence-electron chi connectivity index (χ2n) is 9.35. The van der Waals surface area contributed by atoms with Gasteiger partial charge in [-0.2, -0.15) is 0 Å². The molecule has 0 saturated carbocycles. The van der Waals surface area contributed by atoms with Gasteiger partial charge in [0.2, 0.25) is 0 Å². The topological polar surface area (TPSA) is 38.3 Å². The van der Waals surface area contributed by atoms with Gasteiger partial charge in [-0.05, 0) is 67.6 Å². The molecule has 2 aromatic rings. The molecule has 29 heavy (non-hydrogen) atoms. The van der Waals surface area contributed by atoms with E-state index in [1.54, 1.807) is 0 Å². The van der Waals surface area contributed by atoms with Crippen LogP contribution in [0.5, 0.6) is 5.75 Å². The molecule has 1 unspecified atom stereocenters. The molecule has 1 saturated heterocycles. The minimum atomic E-state index is -0.994. The van der Waals surface area contributed by atoms with Crippen molar-refractivity contribution in [3.05, 3.63) is 66.2 Å². The van der Waals surface area contributed by atoms with Gasteiger partial charge in [-0.1, -0.05) is 57.7 Å². The molecule has 0 aliphatic carbocycles. The fourth-order valence-corrected chi connectivity index (χ4v) is 4.96. The lowest BCUT2D eigenvalue weighted by Gasteiger charge is -2.35. The lowest BCUT2D eigenvalue weighted by Crippen LogP contribution is -2.43. The highest BCUT2D eigenvalue weighted by atomic mass is 32.2. The lowest BCUT2D eigenvalue weighted by molar-refractivity contribution is 0.0553. The van der Waals surface area contributed by atoms with Crippen molar-refractivity contribution < 1.29 is 8.95 Å². The maximum atomic E-state index is 12.6. The van der Waals surface area contributed by atoms with Crippen molar-refractivity contribution in [2.75, 3.05) is 18.8 Å². The monoisotopic (exact) mass is 411 g/mol. The predicted octanol–water partition coefficient (Wildman–Crippen LogP) is 5.42. The van der Waals surface area contributed by atoms with Gasteiger partial charge in [0.25, 0.3) is 0 Å². The summed E-state index contributed by atoms with van der Waals surface area (Å²) in [5.74, 6) is 1.53. The molecular weight excluding hydrogens is 378 g/mol. The van der Waals surface area contributed by atoms with Crippen LogP contribution in [0.1, 0.15) is 51.7 Å². The van der Waals surface area contributed by atoms with Gasteiger partial charge in [-0.15, -0.1) is 0 Å². The first-order valence-corrected chi connectivity index (χ1v) is 11.7. The molecule has 0 bridgehead atoms. The molecule has 0 aromatic heterocycles. The van der Waals surface area contributed by atoms with E-state index in [1.807, 2.05) is 42.5 Å². The van der Waals surface area contributed by atoms with Crippen molar-refractivity contribution in [3.8, 4) is 5.75 Å². The first-order chi connectivity index (χ1) is 13.7. The summed E-state index contributed by atoms with van der Waals surface area (Å²) in [6, 6.07) is 16.1. The normalized spacial score (nSPS) is 17.5. The zero-order valence-electron chi connectivity index (χ0n) is 18.1. The van der Waals surface area contributed by atoms with Gasteiger partial charge in [0, 0.05) is 16.2 Å². The molecule has 3 nitrogen and oxygen atoms in total. The summed E-state index contributed by atoms with van der Waals surface area (Å²) in [5, 5.41) is 3.39. The summed E-state index contributed by atoms with van der Waals surface area (Å²) in [6.07, 6.45) is 1.98. The SMILES string of the molecule is C=C(c1ccc(S(=O)CC(C)(C)C)cc1)c1ccccc1OC1(C)CCNCC1. The Hall–Kier alpha value is -1.91. The predicted molar refractivity (Wildman–Crippen MR) is 123 cm³/mol. The third-order valence-corrected chi connectivity index (χ3v) is 7.19. The number of benzene rings is 2. The Balaban J connectivity index is 1.79. The Kier molecular flexibility index (Phi) is 6.65. The number of ether oxygens (including phenoxy) is 1. The highest BCUT2D eigenvalue weighted by Crippen LogP contribution is 2.34. The van der Waals surface area contributed by atoms with E-state index in [4.69, 9.17) is 4.74 Å². The van der Waals surface area contributed by atoms with Gasteiger partial charge in [0.1, 0.15) is 11.4 Å². The van der Waals surface area contributed by atoms with Gasteiger partial charge >= 0.3 is 0 Å². The zero-order valence-corrected chi connectivity index (χ0v) is 18.9. The highest BCUT2D eigenvalue weighted by Gasteiger charge is 2.29. The molecule has 4 heteroatoms. The van der Waals surface area contributed by atoms with Gasteiger partial charge < -0.3 is 10.1 Å². The van der Waals surface area contributed by atoms with E-state index < -0.39 is 10.8 Å². The Morgan fingerprint density at radius 3 is 2.34 bits per heavy atom. The van der Waals surface area contributed by atoms with Crippen LogP contribution in [0.2, 0.25) is 0 Å². The van der Waals surface area contributed by atoms with Crippen LogP contribution in [-0.4, -0.2) is 28.7 Å². The molecule has 2 aromatic carbocycles. The van der Waals surface area contributed by atoms with Gasteiger partial charge in [-0.25, -0.2) is 0 Å². The Morgan fingerprint density at radius 1 is 1.10 bits per heavy atom. The van der Waals surface area contributed by atoms with Crippen LogP contribution >= 0.6 is 0 Å². The molecule has 1 atom stereocenters. The van der Waals surface area contributed by atoms with Gasteiger partial charge in [0.05, 0.1) is 10.8 Å². The molecule has 1 N–H and O–H groups in total. The Labute approximate surface area is 178 Å². The summed E-state index contributed by atoms with van der Waals surface area (Å²) in [4.78, 5) is 0.864. The minimum Gasteiger partial charge on any atom is -0.487 e. The molecule has 1 aliphatic heterocycles. The van der Waals surface area contributed by atoms with E-state index in [0.29, 0.717) is 5.75 Å². The van der Waals surface area contributed by atoms with Crippen molar-refractivity contribution in [1.29, 1.82) is 0 Å². The van der Waals surface area contributed by atoms with E-state index in [0.717, 1.165) is 53.3 Å². The van der Waals surface area contributed by atoms with E-state index >= 15 is 0 Å². The molecule has 0 amide bonds. The van der Waals surface area contributed by atoms with Crippen molar-refractivity contribution in [3.63, 3.8) is 0 Å². The van der Waals surface area contributed by atoms with Crippen LogP contribution < -0.4 is 10.1 Å². The molecule has 1 aliphatic rings. The van der Waals surface area contributed by atoms with E-state index in [-0.39, 0.29) is 11.0 Å². The van der Waals surface area contributed by atoms with Crippen LogP contribution in [0.4, 0.5) is 0 Å². The molecule has 0 radical (unpaired) electrons. The average molecular weight is 412 g/mol. The van der Waals surface area contributed by atoms with Crippen LogP contribution in [-0.2, 0) is 10.8 Å². The molecule has 1 fully saturated rings. The number of piperidine rings is 1. The number of hydrogen-bond donors (Lipinski definition) is 1. The van der Waals surface area contributed by atoms with Crippen molar-refractivity contribution in [2.24, 2.45) is 5.41 Å². The smallest absolute Gasteiger partial charge is 0.127 e. The second kappa shape index (κ2) is 8.85. The van der Waals surface area contributed by atoms with Crippen molar-refractivity contribution in [2.45, 2.75) is 51.0 Å². The highest BCUT2D eigenvalue weighted by molar-refractivity contribution is 7.85. The molecule has 3 rings (SSSR count). The third-order valence-electron chi connectivity index (χ3n) is 5.26.